The van der Waals surface area contributed by atoms with Gasteiger partial charge in [0, 0.05) is 24.5 Å². The summed E-state index contributed by atoms with van der Waals surface area (Å²) in [6, 6.07) is 7.15. The van der Waals surface area contributed by atoms with Gasteiger partial charge in [-0.3, -0.25) is 0 Å². The predicted octanol–water partition coefficient (Wildman–Crippen LogP) is 2.85. The van der Waals surface area contributed by atoms with Gasteiger partial charge < -0.3 is 20.9 Å². The first kappa shape index (κ1) is 17.3. The SMILES string of the molecule is CCN(CC)CCCN(CC)C(=O)Nc1ccc(N)cc1. The predicted molar refractivity (Wildman–Crippen MR) is 89.5 cm³/mol. The lowest BCUT2D eigenvalue weighted by atomic mass is 10.3. The molecule has 1 aromatic rings. The summed E-state index contributed by atoms with van der Waals surface area (Å²) in [4.78, 5) is 16.4. The first-order valence-electron chi connectivity index (χ1n) is 7.74. The van der Waals surface area contributed by atoms with Crippen molar-refractivity contribution in [2.75, 3.05) is 43.8 Å². The van der Waals surface area contributed by atoms with Gasteiger partial charge in [-0.2, -0.15) is 0 Å². The second-order valence-electron chi connectivity index (χ2n) is 5.01. The van der Waals surface area contributed by atoms with Gasteiger partial charge in [0.2, 0.25) is 0 Å². The van der Waals surface area contributed by atoms with Crippen LogP contribution in [0.3, 0.4) is 0 Å². The molecule has 0 heterocycles. The molecule has 0 aliphatic heterocycles. The molecule has 2 amide bonds. The number of amides is 2. The Morgan fingerprint density at radius 3 is 2.19 bits per heavy atom. The minimum atomic E-state index is -0.0539. The highest BCUT2D eigenvalue weighted by atomic mass is 16.2. The van der Waals surface area contributed by atoms with Crippen LogP contribution in [0, 0.1) is 0 Å². The monoisotopic (exact) mass is 292 g/mol. The number of nitrogens with zero attached hydrogens (tertiary/aromatic N) is 2. The highest BCUT2D eigenvalue weighted by Crippen LogP contribution is 2.11. The third-order valence-corrected chi connectivity index (χ3v) is 3.63. The van der Waals surface area contributed by atoms with Crippen LogP contribution >= 0.6 is 0 Å². The van der Waals surface area contributed by atoms with E-state index in [1.807, 2.05) is 24.0 Å². The topological polar surface area (TPSA) is 61.6 Å². The fourth-order valence-corrected chi connectivity index (χ4v) is 2.20. The molecule has 1 rings (SSSR count). The van der Waals surface area contributed by atoms with Crippen LogP contribution in [0.5, 0.6) is 0 Å². The number of hydrogen-bond acceptors (Lipinski definition) is 3. The first-order chi connectivity index (χ1) is 10.1. The Bertz CT molecular complexity index is 415. The quantitative estimate of drug-likeness (QED) is 0.724. The number of nitrogens with one attached hydrogen (secondary N) is 1. The molecular formula is C16H28N4O. The van der Waals surface area contributed by atoms with Crippen molar-refractivity contribution in [1.29, 1.82) is 0 Å². The van der Waals surface area contributed by atoms with E-state index in [0.29, 0.717) is 12.2 Å². The normalized spacial score (nSPS) is 10.7. The second-order valence-corrected chi connectivity index (χ2v) is 5.01. The summed E-state index contributed by atoms with van der Waals surface area (Å²) in [5, 5.41) is 2.90. The van der Waals surface area contributed by atoms with Crippen LogP contribution in [-0.2, 0) is 0 Å². The number of rotatable bonds is 8. The number of carbonyl (C=O) groups excluding carboxylic acids is 1. The smallest absolute Gasteiger partial charge is 0.321 e. The van der Waals surface area contributed by atoms with Crippen LogP contribution in [0.25, 0.3) is 0 Å². The van der Waals surface area contributed by atoms with E-state index in [1.165, 1.54) is 0 Å². The van der Waals surface area contributed by atoms with Crippen molar-refractivity contribution in [2.45, 2.75) is 27.2 Å². The van der Waals surface area contributed by atoms with Gasteiger partial charge in [-0.1, -0.05) is 13.8 Å². The summed E-state index contributed by atoms with van der Waals surface area (Å²) in [5.74, 6) is 0. The van der Waals surface area contributed by atoms with E-state index in [2.05, 4.69) is 24.1 Å². The molecule has 0 aliphatic carbocycles. The van der Waals surface area contributed by atoms with E-state index in [9.17, 15) is 4.79 Å². The van der Waals surface area contributed by atoms with E-state index < -0.39 is 0 Å². The summed E-state index contributed by atoms with van der Waals surface area (Å²) < 4.78 is 0. The van der Waals surface area contributed by atoms with Crippen molar-refractivity contribution in [2.24, 2.45) is 0 Å². The second kappa shape index (κ2) is 9.23. The van der Waals surface area contributed by atoms with Gasteiger partial charge in [-0.05, 0) is 57.2 Å². The summed E-state index contributed by atoms with van der Waals surface area (Å²) in [6.45, 7) is 10.9. The fraction of sp³-hybridized carbons (Fsp3) is 0.562. The van der Waals surface area contributed by atoms with Crippen LogP contribution in [0.1, 0.15) is 27.2 Å². The van der Waals surface area contributed by atoms with Crippen molar-refractivity contribution in [1.82, 2.24) is 9.80 Å². The molecule has 0 aromatic heterocycles. The summed E-state index contributed by atoms with van der Waals surface area (Å²) in [5.41, 5.74) is 7.10. The zero-order valence-corrected chi connectivity index (χ0v) is 13.4. The van der Waals surface area contributed by atoms with Crippen molar-refractivity contribution in [3.63, 3.8) is 0 Å². The lowest BCUT2D eigenvalue weighted by Gasteiger charge is -2.24. The van der Waals surface area contributed by atoms with Gasteiger partial charge in [0.25, 0.3) is 0 Å². The van der Waals surface area contributed by atoms with Crippen molar-refractivity contribution in [3.05, 3.63) is 24.3 Å². The maximum Gasteiger partial charge on any atom is 0.321 e. The Balaban J connectivity index is 2.43. The van der Waals surface area contributed by atoms with Crippen molar-refractivity contribution >= 4 is 17.4 Å². The van der Waals surface area contributed by atoms with Crippen LogP contribution in [0.4, 0.5) is 16.2 Å². The molecule has 21 heavy (non-hydrogen) atoms. The zero-order chi connectivity index (χ0) is 15.7. The average Bonchev–Trinajstić information content (AvgIpc) is 2.50. The molecule has 1 aromatic carbocycles. The Labute approximate surface area is 128 Å². The molecule has 0 aliphatic rings. The Morgan fingerprint density at radius 1 is 1.05 bits per heavy atom. The lowest BCUT2D eigenvalue weighted by molar-refractivity contribution is 0.208. The summed E-state index contributed by atoms with van der Waals surface area (Å²) >= 11 is 0. The highest BCUT2D eigenvalue weighted by Gasteiger charge is 2.11. The standard InChI is InChI=1S/C16H28N4O/c1-4-19(5-2)12-7-13-20(6-3)16(21)18-15-10-8-14(17)9-11-15/h8-11H,4-7,12-13,17H2,1-3H3,(H,18,21). The maximum absolute atomic E-state index is 12.2. The van der Waals surface area contributed by atoms with E-state index in [4.69, 9.17) is 5.73 Å². The van der Waals surface area contributed by atoms with Gasteiger partial charge in [0.1, 0.15) is 0 Å². The van der Waals surface area contributed by atoms with Crippen LogP contribution < -0.4 is 11.1 Å². The minimum Gasteiger partial charge on any atom is -0.399 e. The largest absolute Gasteiger partial charge is 0.399 e. The van der Waals surface area contributed by atoms with Crippen LogP contribution in [-0.4, -0.2) is 48.6 Å². The van der Waals surface area contributed by atoms with Crippen LogP contribution in [0.15, 0.2) is 24.3 Å². The molecule has 0 spiro atoms. The van der Waals surface area contributed by atoms with E-state index in [-0.39, 0.29) is 6.03 Å². The molecule has 0 saturated carbocycles. The van der Waals surface area contributed by atoms with E-state index in [1.54, 1.807) is 12.1 Å². The molecule has 5 heteroatoms. The molecule has 3 N–H and O–H groups in total. The maximum atomic E-state index is 12.2. The molecule has 118 valence electrons. The number of hydrogen-bond donors (Lipinski definition) is 2. The Morgan fingerprint density at radius 2 is 1.67 bits per heavy atom. The molecule has 0 radical (unpaired) electrons. The number of benzene rings is 1. The third-order valence-electron chi connectivity index (χ3n) is 3.63. The molecule has 0 atom stereocenters. The first-order valence-corrected chi connectivity index (χ1v) is 7.74. The van der Waals surface area contributed by atoms with E-state index >= 15 is 0 Å². The van der Waals surface area contributed by atoms with Gasteiger partial charge in [0.15, 0.2) is 0 Å². The molecule has 0 bridgehead atoms. The molecule has 0 unspecified atom stereocenters. The van der Waals surface area contributed by atoms with E-state index in [0.717, 1.165) is 38.3 Å². The minimum absolute atomic E-state index is 0.0539. The third kappa shape index (κ3) is 6.04. The average molecular weight is 292 g/mol. The molecular weight excluding hydrogens is 264 g/mol. The number of nitrogen functional groups attached to an aromatic ring is 1. The molecule has 0 saturated heterocycles. The highest BCUT2D eigenvalue weighted by molar-refractivity contribution is 5.89. The lowest BCUT2D eigenvalue weighted by Crippen LogP contribution is -2.37. The summed E-state index contributed by atoms with van der Waals surface area (Å²) in [7, 11) is 0. The fourth-order valence-electron chi connectivity index (χ4n) is 2.20. The number of nitrogens with two attached hydrogens (primary N) is 1. The van der Waals surface area contributed by atoms with Gasteiger partial charge in [-0.15, -0.1) is 0 Å². The van der Waals surface area contributed by atoms with Crippen molar-refractivity contribution < 1.29 is 4.79 Å². The number of carbonyl (C=O) groups is 1. The molecule has 0 fully saturated rings. The number of anilines is 2. The van der Waals surface area contributed by atoms with Gasteiger partial charge in [-0.25, -0.2) is 4.79 Å². The van der Waals surface area contributed by atoms with Gasteiger partial charge >= 0.3 is 6.03 Å². The Hall–Kier alpha value is -1.75. The number of urea groups is 1. The van der Waals surface area contributed by atoms with Crippen molar-refractivity contribution in [3.8, 4) is 0 Å². The van der Waals surface area contributed by atoms with Gasteiger partial charge in [0.05, 0.1) is 0 Å². The van der Waals surface area contributed by atoms with Crippen LogP contribution in [0.2, 0.25) is 0 Å². The summed E-state index contributed by atoms with van der Waals surface area (Å²) in [6.07, 6.45) is 0.991. The Kier molecular flexibility index (Phi) is 7.61. The molecule has 5 nitrogen and oxygen atoms in total. The zero-order valence-electron chi connectivity index (χ0n) is 13.4.